The van der Waals surface area contributed by atoms with Gasteiger partial charge in [-0.25, -0.2) is 14.0 Å². The molecule has 0 aliphatic rings. The highest BCUT2D eigenvalue weighted by atomic mass is 19.4. The number of aliphatic carboxylic acids is 1. The lowest BCUT2D eigenvalue weighted by Gasteiger charge is -2.28. The smallest absolute Gasteiger partial charge is 0.422 e. The number of halogens is 4. The standard InChI is InChI=1S/C11H10F4N2O3/c1-10(8(18)19,11(13,14)15)17-9(20)16-7-4-2-6(12)3-5-7/h2-5H,1H3,(H,18,19)(H2,16,17,20). The van der Waals surface area contributed by atoms with Crippen LogP contribution >= 0.6 is 0 Å². The Morgan fingerprint density at radius 2 is 1.65 bits per heavy atom. The summed E-state index contributed by atoms with van der Waals surface area (Å²) in [4.78, 5) is 22.1. The van der Waals surface area contributed by atoms with Crippen molar-refractivity contribution in [2.45, 2.75) is 18.6 Å². The highest BCUT2D eigenvalue weighted by Gasteiger charge is 2.58. The zero-order chi connectivity index (χ0) is 15.6. The molecular formula is C11H10F4N2O3. The molecule has 5 nitrogen and oxygen atoms in total. The fourth-order valence-corrected chi connectivity index (χ4v) is 1.17. The summed E-state index contributed by atoms with van der Waals surface area (Å²) in [6.07, 6.45) is -5.18. The van der Waals surface area contributed by atoms with Crippen molar-refractivity contribution in [2.75, 3.05) is 5.32 Å². The maximum absolute atomic E-state index is 12.6. The van der Waals surface area contributed by atoms with Crippen molar-refractivity contribution < 1.29 is 32.3 Å². The van der Waals surface area contributed by atoms with E-state index in [2.05, 4.69) is 0 Å². The number of carbonyl (C=O) groups excluding carboxylic acids is 1. The SMILES string of the molecule is CC(NC(=O)Nc1ccc(F)cc1)(C(=O)O)C(F)(F)F. The van der Waals surface area contributed by atoms with Crippen molar-refractivity contribution >= 4 is 17.7 Å². The molecule has 0 aliphatic heterocycles. The van der Waals surface area contributed by atoms with Crippen LogP contribution in [0.1, 0.15) is 6.92 Å². The topological polar surface area (TPSA) is 78.4 Å². The van der Waals surface area contributed by atoms with Gasteiger partial charge in [-0.1, -0.05) is 0 Å². The molecule has 1 atom stereocenters. The third-order valence-electron chi connectivity index (χ3n) is 2.46. The molecule has 0 aliphatic carbocycles. The monoisotopic (exact) mass is 294 g/mol. The van der Waals surface area contributed by atoms with Crippen LogP contribution in [0.15, 0.2) is 24.3 Å². The van der Waals surface area contributed by atoms with E-state index in [0.29, 0.717) is 6.92 Å². The molecule has 0 spiro atoms. The first-order valence-corrected chi connectivity index (χ1v) is 5.21. The molecular weight excluding hydrogens is 284 g/mol. The number of benzene rings is 1. The first kappa shape index (κ1) is 15.7. The molecule has 0 saturated carbocycles. The zero-order valence-electron chi connectivity index (χ0n) is 10.1. The van der Waals surface area contributed by atoms with Gasteiger partial charge in [-0.2, -0.15) is 13.2 Å². The van der Waals surface area contributed by atoms with Crippen LogP contribution in [0.2, 0.25) is 0 Å². The molecule has 3 N–H and O–H groups in total. The molecule has 1 rings (SSSR count). The maximum Gasteiger partial charge on any atom is 0.422 e. The normalized spacial score (nSPS) is 14.2. The molecule has 1 unspecified atom stereocenters. The summed E-state index contributed by atoms with van der Waals surface area (Å²) in [6, 6.07) is 2.81. The van der Waals surface area contributed by atoms with Gasteiger partial charge < -0.3 is 15.7 Å². The summed E-state index contributed by atoms with van der Waals surface area (Å²) in [7, 11) is 0. The Bertz CT molecular complexity index is 515. The second kappa shape index (κ2) is 5.35. The minimum Gasteiger partial charge on any atom is -0.479 e. The molecule has 0 radical (unpaired) electrons. The van der Waals surface area contributed by atoms with Crippen LogP contribution in [0.3, 0.4) is 0 Å². The van der Waals surface area contributed by atoms with Crippen LogP contribution in [-0.4, -0.2) is 28.8 Å². The Balaban J connectivity index is 2.83. The van der Waals surface area contributed by atoms with Crippen molar-refractivity contribution in [3.8, 4) is 0 Å². The molecule has 1 aromatic rings. The fourth-order valence-electron chi connectivity index (χ4n) is 1.17. The highest BCUT2D eigenvalue weighted by molar-refractivity contribution is 5.94. The number of anilines is 1. The van der Waals surface area contributed by atoms with Crippen molar-refractivity contribution in [3.05, 3.63) is 30.1 Å². The number of hydrogen-bond donors (Lipinski definition) is 3. The van der Waals surface area contributed by atoms with Crippen molar-refractivity contribution in [1.29, 1.82) is 0 Å². The number of carboxylic acids is 1. The second-order valence-electron chi connectivity index (χ2n) is 4.01. The number of amides is 2. The van der Waals surface area contributed by atoms with E-state index < -0.39 is 29.5 Å². The molecule has 20 heavy (non-hydrogen) atoms. The summed E-state index contributed by atoms with van der Waals surface area (Å²) in [5.41, 5.74) is -3.42. The minimum atomic E-state index is -5.18. The molecule has 0 fully saturated rings. The van der Waals surface area contributed by atoms with Gasteiger partial charge in [0.05, 0.1) is 0 Å². The lowest BCUT2D eigenvalue weighted by Crippen LogP contribution is -2.62. The summed E-state index contributed by atoms with van der Waals surface area (Å²) >= 11 is 0. The van der Waals surface area contributed by atoms with Gasteiger partial charge in [0.1, 0.15) is 5.82 Å². The molecule has 0 bridgehead atoms. The molecule has 2 amide bonds. The predicted molar refractivity (Wildman–Crippen MR) is 60.7 cm³/mol. The van der Waals surface area contributed by atoms with Crippen LogP contribution in [0, 0.1) is 5.82 Å². The van der Waals surface area contributed by atoms with E-state index in [1.807, 2.05) is 5.32 Å². The lowest BCUT2D eigenvalue weighted by molar-refractivity contribution is -0.203. The third-order valence-corrected chi connectivity index (χ3v) is 2.46. The lowest BCUT2D eigenvalue weighted by atomic mass is 10.0. The Hall–Kier alpha value is -2.32. The van der Waals surface area contributed by atoms with Gasteiger partial charge in [-0.15, -0.1) is 0 Å². The number of nitrogens with one attached hydrogen (secondary N) is 2. The first-order valence-electron chi connectivity index (χ1n) is 5.21. The zero-order valence-corrected chi connectivity index (χ0v) is 10.1. The van der Waals surface area contributed by atoms with Gasteiger partial charge in [-0.3, -0.25) is 0 Å². The van der Waals surface area contributed by atoms with E-state index in [-0.39, 0.29) is 5.69 Å². The van der Waals surface area contributed by atoms with E-state index in [1.165, 1.54) is 5.32 Å². The van der Waals surface area contributed by atoms with E-state index in [0.717, 1.165) is 24.3 Å². The molecule has 110 valence electrons. The molecule has 0 heterocycles. The number of carbonyl (C=O) groups is 2. The molecule has 0 aromatic heterocycles. The van der Waals surface area contributed by atoms with Crippen molar-refractivity contribution in [2.24, 2.45) is 0 Å². The summed E-state index contributed by atoms with van der Waals surface area (Å²) in [5, 5.41) is 11.9. The van der Waals surface area contributed by atoms with Crippen LogP contribution < -0.4 is 10.6 Å². The number of carboxylic acid groups (broad SMARTS) is 1. The second-order valence-corrected chi connectivity index (χ2v) is 4.01. The number of rotatable bonds is 3. The van der Waals surface area contributed by atoms with Gasteiger partial charge in [0.25, 0.3) is 0 Å². The minimum absolute atomic E-state index is 0.0128. The number of alkyl halides is 3. The average Bonchev–Trinajstić information content (AvgIpc) is 2.30. The fraction of sp³-hybridized carbons (Fsp3) is 0.273. The van der Waals surface area contributed by atoms with E-state index in [1.54, 1.807) is 0 Å². The largest absolute Gasteiger partial charge is 0.479 e. The highest BCUT2D eigenvalue weighted by Crippen LogP contribution is 2.30. The summed E-state index contributed by atoms with van der Waals surface area (Å²) < 4.78 is 50.5. The Morgan fingerprint density at radius 1 is 1.15 bits per heavy atom. The first-order chi connectivity index (χ1) is 9.06. The molecule has 0 saturated heterocycles. The Labute approximate surface area is 110 Å². The maximum atomic E-state index is 12.6. The van der Waals surface area contributed by atoms with Gasteiger partial charge in [0.15, 0.2) is 0 Å². The average molecular weight is 294 g/mol. The van der Waals surface area contributed by atoms with Crippen LogP contribution in [0.5, 0.6) is 0 Å². The summed E-state index contributed by atoms with van der Waals surface area (Å²) in [6.45, 7) is 0.319. The quantitative estimate of drug-likeness (QED) is 0.749. The van der Waals surface area contributed by atoms with Gasteiger partial charge in [0.2, 0.25) is 5.54 Å². The third kappa shape index (κ3) is 3.37. The van der Waals surface area contributed by atoms with Crippen molar-refractivity contribution in [1.82, 2.24) is 5.32 Å². The Kier molecular flexibility index (Phi) is 4.21. The van der Waals surface area contributed by atoms with Gasteiger partial charge >= 0.3 is 18.2 Å². The Morgan fingerprint density at radius 3 is 2.05 bits per heavy atom. The van der Waals surface area contributed by atoms with E-state index in [9.17, 15) is 27.2 Å². The number of hydrogen-bond acceptors (Lipinski definition) is 2. The van der Waals surface area contributed by atoms with Crippen molar-refractivity contribution in [3.63, 3.8) is 0 Å². The van der Waals surface area contributed by atoms with E-state index >= 15 is 0 Å². The van der Waals surface area contributed by atoms with Crippen LogP contribution in [0.4, 0.5) is 28.0 Å². The van der Waals surface area contributed by atoms with Crippen LogP contribution in [-0.2, 0) is 4.79 Å². The molecule has 1 aromatic carbocycles. The number of urea groups is 1. The van der Waals surface area contributed by atoms with Gasteiger partial charge in [-0.05, 0) is 31.2 Å². The van der Waals surface area contributed by atoms with E-state index in [4.69, 9.17) is 5.11 Å². The van der Waals surface area contributed by atoms with Gasteiger partial charge in [0, 0.05) is 5.69 Å². The molecule has 9 heteroatoms. The predicted octanol–water partition coefficient (Wildman–Crippen LogP) is 2.35. The summed E-state index contributed by atoms with van der Waals surface area (Å²) in [5.74, 6) is -2.85. The van der Waals surface area contributed by atoms with Crippen LogP contribution in [0.25, 0.3) is 0 Å².